The molecule has 0 aromatic rings. The molecule has 0 fully saturated rings. The Morgan fingerprint density at radius 1 is 1.00 bits per heavy atom. The first-order chi connectivity index (χ1) is 7.48. The molecule has 0 atom stereocenters. The van der Waals surface area contributed by atoms with Crippen molar-refractivity contribution in [2.45, 2.75) is 69.5 Å². The van der Waals surface area contributed by atoms with Crippen LogP contribution in [0.25, 0.3) is 0 Å². The van der Waals surface area contributed by atoms with E-state index >= 15 is 0 Å². The van der Waals surface area contributed by atoms with Gasteiger partial charge in [-0.25, -0.2) is 0 Å². The van der Waals surface area contributed by atoms with Crippen LogP contribution in [0.3, 0.4) is 0 Å². The fraction of sp³-hybridized carbons (Fsp3) is 0.923. The number of aliphatic hydroxyl groups excluding tert-OH is 1. The lowest BCUT2D eigenvalue weighted by Crippen LogP contribution is -2.23. The van der Waals surface area contributed by atoms with E-state index in [-0.39, 0.29) is 4.32 Å². The van der Waals surface area contributed by atoms with Crippen molar-refractivity contribution in [2.24, 2.45) is 0 Å². The van der Waals surface area contributed by atoms with E-state index in [4.69, 9.17) is 5.11 Å². The average molecular weight is 293 g/mol. The Labute approximate surface area is 108 Å². The Balaban J connectivity index is 3.25. The van der Waals surface area contributed by atoms with Crippen LogP contribution < -0.4 is 0 Å². The SMILES string of the molecule is CC(C)(Br)C(=O)CCCCCCCCCO. The molecule has 0 spiro atoms. The summed E-state index contributed by atoms with van der Waals surface area (Å²) in [5.74, 6) is 0.299. The zero-order valence-electron chi connectivity index (χ0n) is 10.6. The van der Waals surface area contributed by atoms with Crippen LogP contribution >= 0.6 is 15.9 Å². The fourth-order valence-electron chi connectivity index (χ4n) is 1.58. The van der Waals surface area contributed by atoms with E-state index in [2.05, 4.69) is 15.9 Å². The minimum absolute atomic E-state index is 0.299. The number of aliphatic hydroxyl groups is 1. The van der Waals surface area contributed by atoms with Crippen molar-refractivity contribution in [1.29, 1.82) is 0 Å². The standard InChI is InChI=1S/C13H25BrO2/c1-13(2,14)12(16)10-8-6-4-3-5-7-9-11-15/h15H,3-11H2,1-2H3. The maximum atomic E-state index is 11.6. The molecule has 0 aromatic heterocycles. The molecule has 0 aromatic carbocycles. The van der Waals surface area contributed by atoms with Crippen LogP contribution in [0.5, 0.6) is 0 Å². The Kier molecular flexibility index (Phi) is 9.24. The third kappa shape index (κ3) is 9.34. The lowest BCUT2D eigenvalue weighted by atomic mass is 10.0. The van der Waals surface area contributed by atoms with Crippen LogP contribution in [0.15, 0.2) is 0 Å². The highest BCUT2D eigenvalue weighted by molar-refractivity contribution is 9.10. The Bertz CT molecular complexity index is 185. The molecule has 0 radical (unpaired) electrons. The molecule has 0 rings (SSSR count). The molecule has 0 heterocycles. The van der Waals surface area contributed by atoms with Crippen LogP contribution in [0.4, 0.5) is 0 Å². The van der Waals surface area contributed by atoms with E-state index in [9.17, 15) is 4.79 Å². The van der Waals surface area contributed by atoms with E-state index in [1.165, 1.54) is 19.3 Å². The summed E-state index contributed by atoms with van der Waals surface area (Å²) < 4.78 is -0.353. The molecule has 0 aliphatic carbocycles. The zero-order chi connectivity index (χ0) is 12.4. The predicted molar refractivity (Wildman–Crippen MR) is 72.0 cm³/mol. The molecule has 16 heavy (non-hydrogen) atoms. The summed E-state index contributed by atoms with van der Waals surface area (Å²) in [6.07, 6.45) is 8.54. The van der Waals surface area contributed by atoms with Crippen LogP contribution in [-0.2, 0) is 4.79 Å². The van der Waals surface area contributed by atoms with Crippen molar-refractivity contribution in [3.05, 3.63) is 0 Å². The third-order valence-corrected chi connectivity index (χ3v) is 3.17. The molecule has 0 unspecified atom stereocenters. The van der Waals surface area contributed by atoms with Crippen LogP contribution in [0.1, 0.15) is 65.2 Å². The minimum Gasteiger partial charge on any atom is -0.396 e. The molecule has 0 aliphatic heterocycles. The maximum Gasteiger partial charge on any atom is 0.148 e. The smallest absolute Gasteiger partial charge is 0.148 e. The van der Waals surface area contributed by atoms with E-state index in [0.29, 0.717) is 18.8 Å². The number of hydrogen-bond donors (Lipinski definition) is 1. The van der Waals surface area contributed by atoms with Gasteiger partial charge in [0.25, 0.3) is 0 Å². The topological polar surface area (TPSA) is 37.3 Å². The van der Waals surface area contributed by atoms with Gasteiger partial charge in [-0.05, 0) is 26.7 Å². The van der Waals surface area contributed by atoms with Gasteiger partial charge in [0, 0.05) is 13.0 Å². The van der Waals surface area contributed by atoms with Crippen LogP contribution in [-0.4, -0.2) is 21.8 Å². The summed E-state index contributed by atoms with van der Waals surface area (Å²) in [5, 5.41) is 8.60. The Morgan fingerprint density at radius 3 is 1.88 bits per heavy atom. The van der Waals surface area contributed by atoms with Crippen molar-refractivity contribution in [2.75, 3.05) is 6.61 Å². The van der Waals surface area contributed by atoms with Gasteiger partial charge in [-0.1, -0.05) is 48.0 Å². The van der Waals surface area contributed by atoms with Gasteiger partial charge in [0.15, 0.2) is 0 Å². The number of rotatable bonds is 10. The second kappa shape index (κ2) is 9.17. The largest absolute Gasteiger partial charge is 0.396 e. The Hall–Kier alpha value is 0.110. The number of alkyl halides is 1. The molecular weight excluding hydrogens is 268 g/mol. The van der Waals surface area contributed by atoms with Gasteiger partial charge >= 0.3 is 0 Å². The number of Topliss-reactive ketones (excluding diaryl/α,β-unsaturated/α-hetero) is 1. The normalized spacial score (nSPS) is 11.8. The fourth-order valence-corrected chi connectivity index (χ4v) is 1.78. The van der Waals surface area contributed by atoms with Gasteiger partial charge in [0.2, 0.25) is 0 Å². The van der Waals surface area contributed by atoms with E-state index < -0.39 is 0 Å². The first-order valence-electron chi connectivity index (χ1n) is 6.31. The second-order valence-electron chi connectivity index (χ2n) is 4.84. The van der Waals surface area contributed by atoms with E-state index in [1.807, 2.05) is 13.8 Å². The summed E-state index contributed by atoms with van der Waals surface area (Å²) >= 11 is 3.38. The monoisotopic (exact) mass is 292 g/mol. The molecule has 0 aliphatic rings. The van der Waals surface area contributed by atoms with Gasteiger partial charge in [-0.2, -0.15) is 0 Å². The van der Waals surface area contributed by atoms with E-state index in [1.54, 1.807) is 0 Å². The predicted octanol–water partition coefficient (Wildman–Crippen LogP) is 3.84. The molecule has 96 valence electrons. The molecule has 2 nitrogen and oxygen atoms in total. The van der Waals surface area contributed by atoms with Gasteiger partial charge in [0.05, 0.1) is 4.32 Å². The van der Waals surface area contributed by atoms with Crippen LogP contribution in [0, 0.1) is 0 Å². The first-order valence-corrected chi connectivity index (χ1v) is 7.11. The highest BCUT2D eigenvalue weighted by atomic mass is 79.9. The minimum atomic E-state index is -0.353. The zero-order valence-corrected chi connectivity index (χ0v) is 12.2. The van der Waals surface area contributed by atoms with Crippen molar-refractivity contribution in [1.82, 2.24) is 0 Å². The number of carbonyl (C=O) groups is 1. The molecule has 3 heteroatoms. The number of halogens is 1. The van der Waals surface area contributed by atoms with Crippen molar-refractivity contribution < 1.29 is 9.90 Å². The molecule has 1 N–H and O–H groups in total. The highest BCUT2D eigenvalue weighted by Gasteiger charge is 2.22. The second-order valence-corrected chi connectivity index (χ2v) is 6.83. The van der Waals surface area contributed by atoms with E-state index in [0.717, 1.165) is 25.7 Å². The summed E-state index contributed by atoms with van der Waals surface area (Å²) in [6, 6.07) is 0. The van der Waals surface area contributed by atoms with Gasteiger partial charge < -0.3 is 5.11 Å². The van der Waals surface area contributed by atoms with Crippen molar-refractivity contribution in [3.63, 3.8) is 0 Å². The molecular formula is C13H25BrO2. The summed E-state index contributed by atoms with van der Waals surface area (Å²) in [4.78, 5) is 11.6. The quantitative estimate of drug-likeness (QED) is 0.491. The Morgan fingerprint density at radius 2 is 1.44 bits per heavy atom. The summed E-state index contributed by atoms with van der Waals surface area (Å²) in [6.45, 7) is 4.13. The highest BCUT2D eigenvalue weighted by Crippen LogP contribution is 2.20. The number of hydrogen-bond acceptors (Lipinski definition) is 2. The lowest BCUT2D eigenvalue weighted by Gasteiger charge is -2.13. The number of ketones is 1. The van der Waals surface area contributed by atoms with Crippen molar-refractivity contribution >= 4 is 21.7 Å². The molecule has 0 saturated carbocycles. The summed E-state index contributed by atoms with van der Waals surface area (Å²) in [7, 11) is 0. The maximum absolute atomic E-state index is 11.6. The average Bonchev–Trinajstić information content (AvgIpc) is 2.20. The molecule has 0 amide bonds. The van der Waals surface area contributed by atoms with Crippen LogP contribution in [0.2, 0.25) is 0 Å². The van der Waals surface area contributed by atoms with Gasteiger partial charge in [0.1, 0.15) is 5.78 Å². The molecule has 0 saturated heterocycles. The van der Waals surface area contributed by atoms with Gasteiger partial charge in [-0.15, -0.1) is 0 Å². The molecule has 0 bridgehead atoms. The first kappa shape index (κ1) is 16.1. The summed E-state index contributed by atoms with van der Waals surface area (Å²) in [5.41, 5.74) is 0. The lowest BCUT2D eigenvalue weighted by molar-refractivity contribution is -0.120. The van der Waals surface area contributed by atoms with Crippen molar-refractivity contribution in [3.8, 4) is 0 Å². The number of carbonyl (C=O) groups excluding carboxylic acids is 1. The third-order valence-electron chi connectivity index (χ3n) is 2.73. The van der Waals surface area contributed by atoms with Gasteiger partial charge in [-0.3, -0.25) is 4.79 Å². The number of unbranched alkanes of at least 4 members (excludes halogenated alkanes) is 6.